The molecule has 2 bridgehead atoms. The first-order valence-electron chi connectivity index (χ1n) is 8.29. The SMILES string of the molecule is CS(=O)(=O)Nc1ccc2c(C(=O)N[C@H]3CN4CCC3CC4)snc2c1. The minimum absolute atomic E-state index is 0.0879. The normalized spacial score (nSPS) is 25.9. The maximum atomic E-state index is 12.7. The van der Waals surface area contributed by atoms with E-state index in [9.17, 15) is 13.2 Å². The van der Waals surface area contributed by atoms with Gasteiger partial charge in [0.05, 0.1) is 17.5 Å². The smallest absolute Gasteiger partial charge is 0.263 e. The molecule has 0 spiro atoms. The number of hydrogen-bond acceptors (Lipinski definition) is 6. The highest BCUT2D eigenvalue weighted by Gasteiger charge is 2.35. The zero-order valence-electron chi connectivity index (χ0n) is 13.9. The molecule has 5 rings (SSSR count). The Morgan fingerprint density at radius 1 is 1.32 bits per heavy atom. The van der Waals surface area contributed by atoms with Gasteiger partial charge in [-0.15, -0.1) is 0 Å². The number of carbonyl (C=O) groups is 1. The highest BCUT2D eigenvalue weighted by Crippen LogP contribution is 2.29. The number of aromatic nitrogens is 1. The lowest BCUT2D eigenvalue weighted by Crippen LogP contribution is -2.57. The van der Waals surface area contributed by atoms with Crippen molar-refractivity contribution in [2.75, 3.05) is 30.6 Å². The summed E-state index contributed by atoms with van der Waals surface area (Å²) >= 11 is 1.15. The van der Waals surface area contributed by atoms with Crippen molar-refractivity contribution < 1.29 is 13.2 Å². The largest absolute Gasteiger partial charge is 0.347 e. The summed E-state index contributed by atoms with van der Waals surface area (Å²) in [5, 5.41) is 3.93. The Bertz CT molecular complexity index is 917. The van der Waals surface area contributed by atoms with Crippen LogP contribution in [-0.4, -0.2) is 55.5 Å². The van der Waals surface area contributed by atoms with Crippen molar-refractivity contribution in [3.05, 3.63) is 23.1 Å². The van der Waals surface area contributed by atoms with Crippen LogP contribution in [0.4, 0.5) is 5.69 Å². The van der Waals surface area contributed by atoms with Crippen molar-refractivity contribution in [3.63, 3.8) is 0 Å². The average molecular weight is 380 g/mol. The summed E-state index contributed by atoms with van der Waals surface area (Å²) < 4.78 is 29.4. The van der Waals surface area contributed by atoms with Gasteiger partial charge in [-0.25, -0.2) is 8.42 Å². The molecule has 0 radical (unpaired) electrons. The predicted octanol–water partition coefficient (Wildman–Crippen LogP) is 1.49. The average Bonchev–Trinajstić information content (AvgIpc) is 2.97. The molecule has 9 heteroatoms. The molecule has 7 nitrogen and oxygen atoms in total. The highest BCUT2D eigenvalue weighted by atomic mass is 32.2. The fourth-order valence-corrected chi connectivity index (χ4v) is 5.06. The van der Waals surface area contributed by atoms with Gasteiger partial charge in [0, 0.05) is 18.0 Å². The lowest BCUT2D eigenvalue weighted by Gasteiger charge is -2.44. The lowest BCUT2D eigenvalue weighted by atomic mass is 9.84. The molecular weight excluding hydrogens is 360 g/mol. The zero-order valence-corrected chi connectivity index (χ0v) is 15.5. The van der Waals surface area contributed by atoms with E-state index < -0.39 is 10.0 Å². The molecule has 3 fully saturated rings. The van der Waals surface area contributed by atoms with Crippen molar-refractivity contribution in [2.45, 2.75) is 18.9 Å². The van der Waals surface area contributed by atoms with E-state index in [0.29, 0.717) is 22.0 Å². The number of nitrogens with one attached hydrogen (secondary N) is 2. The quantitative estimate of drug-likeness (QED) is 0.839. The molecule has 3 aliphatic rings. The molecule has 1 amide bonds. The monoisotopic (exact) mass is 380 g/mol. The van der Waals surface area contributed by atoms with Gasteiger partial charge in [-0.1, -0.05) is 0 Å². The summed E-state index contributed by atoms with van der Waals surface area (Å²) in [7, 11) is -3.34. The molecule has 0 aliphatic carbocycles. The lowest BCUT2D eigenvalue weighted by molar-refractivity contribution is 0.0623. The Morgan fingerprint density at radius 3 is 2.72 bits per heavy atom. The van der Waals surface area contributed by atoms with Gasteiger partial charge in [-0.05, 0) is 61.6 Å². The maximum absolute atomic E-state index is 12.7. The van der Waals surface area contributed by atoms with Crippen molar-refractivity contribution in [2.24, 2.45) is 5.92 Å². The number of anilines is 1. The van der Waals surface area contributed by atoms with Gasteiger partial charge in [-0.2, -0.15) is 4.37 Å². The summed E-state index contributed by atoms with van der Waals surface area (Å²) in [6.45, 7) is 3.20. The second kappa shape index (κ2) is 6.22. The number of sulfonamides is 1. The van der Waals surface area contributed by atoms with Crippen molar-refractivity contribution in [1.82, 2.24) is 14.6 Å². The van der Waals surface area contributed by atoms with Gasteiger partial charge in [0.1, 0.15) is 4.88 Å². The van der Waals surface area contributed by atoms with Crippen LogP contribution in [0.15, 0.2) is 18.2 Å². The van der Waals surface area contributed by atoms with E-state index in [1.165, 1.54) is 0 Å². The molecule has 2 N–H and O–H groups in total. The molecule has 3 saturated heterocycles. The Hall–Kier alpha value is -1.71. The van der Waals surface area contributed by atoms with Gasteiger partial charge in [0.25, 0.3) is 5.91 Å². The molecule has 0 unspecified atom stereocenters. The Morgan fingerprint density at radius 2 is 2.08 bits per heavy atom. The zero-order chi connectivity index (χ0) is 17.6. The molecular formula is C16H20N4O3S2. The second-order valence-corrected chi connectivity index (χ2v) is 9.36. The third-order valence-corrected chi connectivity index (χ3v) is 6.44. The number of carbonyl (C=O) groups excluding carboxylic acids is 1. The van der Waals surface area contributed by atoms with Gasteiger partial charge in [0.2, 0.25) is 10.0 Å². The Labute approximate surface area is 150 Å². The highest BCUT2D eigenvalue weighted by molar-refractivity contribution is 7.92. The van der Waals surface area contributed by atoms with E-state index >= 15 is 0 Å². The molecule has 1 atom stereocenters. The van der Waals surface area contributed by atoms with E-state index in [2.05, 4.69) is 19.3 Å². The van der Waals surface area contributed by atoms with Crippen LogP contribution in [0.25, 0.3) is 10.9 Å². The van der Waals surface area contributed by atoms with E-state index in [1.807, 2.05) is 0 Å². The first kappa shape index (κ1) is 16.7. The topological polar surface area (TPSA) is 91.4 Å². The molecule has 2 aromatic rings. The van der Waals surface area contributed by atoms with E-state index in [1.54, 1.807) is 18.2 Å². The minimum atomic E-state index is -3.34. The number of amides is 1. The number of piperidine rings is 3. The summed E-state index contributed by atoms with van der Waals surface area (Å²) in [4.78, 5) is 15.7. The summed E-state index contributed by atoms with van der Waals surface area (Å²) in [6, 6.07) is 5.26. The Balaban J connectivity index is 1.54. The summed E-state index contributed by atoms with van der Waals surface area (Å²) in [6.07, 6.45) is 3.40. The van der Waals surface area contributed by atoms with Crippen molar-refractivity contribution in [1.29, 1.82) is 0 Å². The van der Waals surface area contributed by atoms with Crippen LogP contribution in [-0.2, 0) is 10.0 Å². The first-order chi connectivity index (χ1) is 11.9. The van der Waals surface area contributed by atoms with Gasteiger partial charge in [-0.3, -0.25) is 9.52 Å². The van der Waals surface area contributed by atoms with Gasteiger partial charge >= 0.3 is 0 Å². The van der Waals surface area contributed by atoms with Crippen LogP contribution in [0.2, 0.25) is 0 Å². The van der Waals surface area contributed by atoms with E-state index in [0.717, 1.165) is 55.7 Å². The third kappa shape index (κ3) is 3.49. The molecule has 134 valence electrons. The minimum Gasteiger partial charge on any atom is -0.347 e. The van der Waals surface area contributed by atoms with Crippen molar-refractivity contribution >= 4 is 44.1 Å². The van der Waals surface area contributed by atoms with Crippen LogP contribution in [0, 0.1) is 5.92 Å². The Kier molecular flexibility index (Phi) is 4.17. The van der Waals surface area contributed by atoms with Crippen LogP contribution in [0.3, 0.4) is 0 Å². The van der Waals surface area contributed by atoms with Crippen LogP contribution in [0.5, 0.6) is 0 Å². The fourth-order valence-electron chi connectivity index (χ4n) is 3.75. The van der Waals surface area contributed by atoms with Crippen LogP contribution in [0.1, 0.15) is 22.5 Å². The fraction of sp³-hybridized carbons (Fsp3) is 0.500. The number of nitrogens with zero attached hydrogens (tertiary/aromatic N) is 2. The number of hydrogen-bond donors (Lipinski definition) is 2. The second-order valence-electron chi connectivity index (χ2n) is 6.84. The molecule has 0 saturated carbocycles. The molecule has 1 aromatic carbocycles. The molecule has 1 aromatic heterocycles. The van der Waals surface area contributed by atoms with Gasteiger partial charge < -0.3 is 10.2 Å². The standard InChI is InChI=1S/C16H20N4O3S2/c1-25(22,23)19-11-2-3-12-13(8-11)18-24-15(12)16(21)17-14-9-20-6-4-10(14)5-7-20/h2-3,8,10,14,19H,4-7,9H2,1H3,(H,17,21)/t14-/m0/s1. The van der Waals surface area contributed by atoms with Crippen LogP contribution < -0.4 is 10.0 Å². The predicted molar refractivity (Wildman–Crippen MR) is 98.5 cm³/mol. The molecule has 4 heterocycles. The summed E-state index contributed by atoms with van der Waals surface area (Å²) in [5.41, 5.74) is 1.07. The number of benzene rings is 1. The summed E-state index contributed by atoms with van der Waals surface area (Å²) in [5.74, 6) is 0.480. The van der Waals surface area contributed by atoms with Crippen LogP contribution >= 0.6 is 11.5 Å². The number of rotatable bonds is 4. The van der Waals surface area contributed by atoms with E-state index in [-0.39, 0.29) is 11.9 Å². The number of fused-ring (bicyclic) bond motifs is 4. The van der Waals surface area contributed by atoms with Gasteiger partial charge in [0.15, 0.2) is 0 Å². The maximum Gasteiger partial charge on any atom is 0.263 e. The first-order valence-corrected chi connectivity index (χ1v) is 11.0. The molecule has 25 heavy (non-hydrogen) atoms. The van der Waals surface area contributed by atoms with Crippen molar-refractivity contribution in [3.8, 4) is 0 Å². The molecule has 3 aliphatic heterocycles. The third-order valence-electron chi connectivity index (χ3n) is 4.96. The van der Waals surface area contributed by atoms with E-state index in [4.69, 9.17) is 0 Å².